The van der Waals surface area contributed by atoms with Crippen LogP contribution in [0.4, 0.5) is 16.2 Å². The number of hydrogen-bond donors (Lipinski definition) is 3. The molecular weight excluding hydrogens is 434 g/mol. The topological polar surface area (TPSA) is 122 Å². The Kier molecular flexibility index (Phi) is 7.45. The highest BCUT2D eigenvalue weighted by Crippen LogP contribution is 2.23. The molecule has 9 heteroatoms. The predicted octanol–water partition coefficient (Wildman–Crippen LogP) is 4.35. The standard InChI is InChI=1S/C25H29N5O4/c1-15-16(2)28-21-14-17(10-11-20(21)27-15)23(32)30-19-9-7-6-8-18(19)29-22(31)12-13-26-24(33)34-25(3,4)5/h6-11,14H,12-13H2,1-5H3,(H,26,33)(H,29,31)(H,30,32). The van der Waals surface area contributed by atoms with Crippen LogP contribution in [-0.4, -0.2) is 40.0 Å². The number of para-hydroxylation sites is 2. The highest BCUT2D eigenvalue weighted by atomic mass is 16.6. The van der Waals surface area contributed by atoms with E-state index in [0.29, 0.717) is 28.0 Å². The van der Waals surface area contributed by atoms with Crippen LogP contribution in [0.1, 0.15) is 48.9 Å². The van der Waals surface area contributed by atoms with Crippen molar-refractivity contribution in [3.05, 3.63) is 59.4 Å². The molecule has 0 bridgehead atoms. The summed E-state index contributed by atoms with van der Waals surface area (Å²) in [5, 5.41) is 8.14. The third-order valence-corrected chi connectivity index (χ3v) is 4.81. The lowest BCUT2D eigenvalue weighted by molar-refractivity contribution is -0.116. The first-order valence-corrected chi connectivity index (χ1v) is 10.9. The first kappa shape index (κ1) is 24.6. The summed E-state index contributed by atoms with van der Waals surface area (Å²) in [6.45, 7) is 9.16. The van der Waals surface area contributed by atoms with E-state index in [9.17, 15) is 14.4 Å². The van der Waals surface area contributed by atoms with Crippen molar-refractivity contribution in [1.29, 1.82) is 0 Å². The fraction of sp³-hybridized carbons (Fsp3) is 0.320. The zero-order valence-corrected chi connectivity index (χ0v) is 20.0. The Balaban J connectivity index is 1.63. The number of carbonyl (C=O) groups excluding carboxylic acids is 3. The van der Waals surface area contributed by atoms with Gasteiger partial charge in [-0.15, -0.1) is 0 Å². The number of hydrogen-bond acceptors (Lipinski definition) is 6. The minimum absolute atomic E-state index is 0.0453. The number of benzene rings is 2. The van der Waals surface area contributed by atoms with Crippen LogP contribution in [0.2, 0.25) is 0 Å². The SMILES string of the molecule is Cc1nc2ccc(C(=O)Nc3ccccc3NC(=O)CCNC(=O)OC(C)(C)C)cc2nc1C. The van der Waals surface area contributed by atoms with Crippen LogP contribution < -0.4 is 16.0 Å². The lowest BCUT2D eigenvalue weighted by Crippen LogP contribution is -2.34. The average molecular weight is 464 g/mol. The average Bonchev–Trinajstić information content (AvgIpc) is 2.74. The van der Waals surface area contributed by atoms with Gasteiger partial charge in [-0.1, -0.05) is 12.1 Å². The molecular formula is C25H29N5O4. The number of amides is 3. The quantitative estimate of drug-likeness (QED) is 0.499. The largest absolute Gasteiger partial charge is 0.444 e. The maximum atomic E-state index is 12.9. The van der Waals surface area contributed by atoms with Crippen LogP contribution >= 0.6 is 0 Å². The molecule has 0 aliphatic rings. The summed E-state index contributed by atoms with van der Waals surface area (Å²) in [5.41, 5.74) is 3.71. The maximum absolute atomic E-state index is 12.9. The molecule has 3 aromatic rings. The van der Waals surface area contributed by atoms with Gasteiger partial charge in [-0.3, -0.25) is 9.59 Å². The van der Waals surface area contributed by atoms with Crippen LogP contribution in [0.5, 0.6) is 0 Å². The van der Waals surface area contributed by atoms with Gasteiger partial charge in [0.1, 0.15) is 5.60 Å². The van der Waals surface area contributed by atoms with Crippen LogP contribution in [0, 0.1) is 13.8 Å². The third kappa shape index (κ3) is 6.74. The van der Waals surface area contributed by atoms with E-state index in [1.807, 2.05) is 13.8 Å². The van der Waals surface area contributed by atoms with Crippen molar-refractivity contribution in [2.24, 2.45) is 0 Å². The zero-order chi connectivity index (χ0) is 24.9. The number of fused-ring (bicyclic) bond motifs is 1. The summed E-state index contributed by atoms with van der Waals surface area (Å²) in [4.78, 5) is 45.9. The Morgan fingerprint density at radius 2 is 1.50 bits per heavy atom. The van der Waals surface area contributed by atoms with Crippen LogP contribution in [0.3, 0.4) is 0 Å². The van der Waals surface area contributed by atoms with E-state index in [4.69, 9.17) is 4.74 Å². The smallest absolute Gasteiger partial charge is 0.407 e. The van der Waals surface area contributed by atoms with E-state index in [-0.39, 0.29) is 24.8 Å². The van der Waals surface area contributed by atoms with E-state index in [1.165, 1.54) is 0 Å². The van der Waals surface area contributed by atoms with E-state index in [1.54, 1.807) is 63.2 Å². The van der Waals surface area contributed by atoms with Gasteiger partial charge in [-0.2, -0.15) is 0 Å². The molecule has 1 aromatic heterocycles. The maximum Gasteiger partial charge on any atom is 0.407 e. The fourth-order valence-electron chi connectivity index (χ4n) is 3.07. The molecule has 0 aliphatic carbocycles. The number of aromatic nitrogens is 2. The zero-order valence-electron chi connectivity index (χ0n) is 20.0. The van der Waals surface area contributed by atoms with E-state index in [0.717, 1.165) is 11.4 Å². The molecule has 0 saturated heterocycles. The summed E-state index contributed by atoms with van der Waals surface area (Å²) in [7, 11) is 0. The summed E-state index contributed by atoms with van der Waals surface area (Å²) in [6.07, 6.45) is -0.540. The summed E-state index contributed by atoms with van der Waals surface area (Å²) >= 11 is 0. The van der Waals surface area contributed by atoms with E-state index >= 15 is 0 Å². The molecule has 9 nitrogen and oxygen atoms in total. The second-order valence-corrected chi connectivity index (χ2v) is 8.82. The van der Waals surface area contributed by atoms with Crippen LogP contribution in [0.25, 0.3) is 11.0 Å². The van der Waals surface area contributed by atoms with Gasteiger partial charge in [0.2, 0.25) is 5.91 Å². The first-order chi connectivity index (χ1) is 16.0. The van der Waals surface area contributed by atoms with E-state index in [2.05, 4.69) is 25.9 Å². The van der Waals surface area contributed by atoms with Gasteiger partial charge in [0.15, 0.2) is 0 Å². The van der Waals surface area contributed by atoms with Gasteiger partial charge >= 0.3 is 6.09 Å². The highest BCUT2D eigenvalue weighted by molar-refractivity contribution is 6.08. The van der Waals surface area contributed by atoms with Gasteiger partial charge in [-0.05, 0) is 65.0 Å². The molecule has 0 unspecified atom stereocenters. The summed E-state index contributed by atoms with van der Waals surface area (Å²) in [5.74, 6) is -0.653. The molecule has 2 aromatic carbocycles. The number of nitrogens with one attached hydrogen (secondary N) is 3. The first-order valence-electron chi connectivity index (χ1n) is 10.9. The Morgan fingerprint density at radius 3 is 2.15 bits per heavy atom. The lowest BCUT2D eigenvalue weighted by Gasteiger charge is -2.19. The number of ether oxygens (including phenoxy) is 1. The summed E-state index contributed by atoms with van der Waals surface area (Å²) in [6, 6.07) is 12.0. The number of aryl methyl sites for hydroxylation is 2. The van der Waals surface area contributed by atoms with Crippen molar-refractivity contribution < 1.29 is 19.1 Å². The molecule has 0 aliphatic heterocycles. The van der Waals surface area contributed by atoms with E-state index < -0.39 is 11.7 Å². The van der Waals surface area contributed by atoms with Crippen molar-refractivity contribution in [1.82, 2.24) is 15.3 Å². The highest BCUT2D eigenvalue weighted by Gasteiger charge is 2.16. The van der Waals surface area contributed by atoms with Crippen molar-refractivity contribution in [3.8, 4) is 0 Å². The van der Waals surface area contributed by atoms with Gasteiger partial charge in [-0.25, -0.2) is 14.8 Å². The molecule has 0 saturated carbocycles. The molecule has 3 N–H and O–H groups in total. The number of rotatable bonds is 6. The van der Waals surface area contributed by atoms with Crippen LogP contribution in [0.15, 0.2) is 42.5 Å². The molecule has 0 atom stereocenters. The molecule has 178 valence electrons. The predicted molar refractivity (Wildman–Crippen MR) is 131 cm³/mol. The third-order valence-electron chi connectivity index (χ3n) is 4.81. The molecule has 0 fully saturated rings. The van der Waals surface area contributed by atoms with Crippen molar-refractivity contribution in [3.63, 3.8) is 0 Å². The number of alkyl carbamates (subject to hydrolysis) is 1. The number of carbonyl (C=O) groups is 3. The van der Waals surface area contributed by atoms with Crippen molar-refractivity contribution >= 4 is 40.3 Å². The Hall–Kier alpha value is -4.01. The molecule has 0 spiro atoms. The number of anilines is 2. The van der Waals surface area contributed by atoms with Gasteiger partial charge in [0.05, 0.1) is 33.8 Å². The van der Waals surface area contributed by atoms with Crippen molar-refractivity contribution in [2.45, 2.75) is 46.6 Å². The molecule has 34 heavy (non-hydrogen) atoms. The Morgan fingerprint density at radius 1 is 0.882 bits per heavy atom. The molecule has 3 amide bonds. The number of nitrogens with zero attached hydrogens (tertiary/aromatic N) is 2. The Labute approximate surface area is 198 Å². The second-order valence-electron chi connectivity index (χ2n) is 8.82. The second kappa shape index (κ2) is 10.3. The molecule has 1 heterocycles. The minimum Gasteiger partial charge on any atom is -0.444 e. The molecule has 3 rings (SSSR count). The van der Waals surface area contributed by atoms with Gasteiger partial charge in [0.25, 0.3) is 5.91 Å². The Bertz CT molecular complexity index is 1230. The summed E-state index contributed by atoms with van der Waals surface area (Å²) < 4.78 is 5.14. The monoisotopic (exact) mass is 463 g/mol. The van der Waals surface area contributed by atoms with Crippen molar-refractivity contribution in [2.75, 3.05) is 17.2 Å². The lowest BCUT2D eigenvalue weighted by atomic mass is 10.1. The normalized spacial score (nSPS) is 11.1. The van der Waals surface area contributed by atoms with Gasteiger partial charge in [0, 0.05) is 18.5 Å². The fourth-order valence-corrected chi connectivity index (χ4v) is 3.07. The van der Waals surface area contributed by atoms with Gasteiger partial charge < -0.3 is 20.7 Å². The minimum atomic E-state index is -0.612. The molecule has 0 radical (unpaired) electrons. The van der Waals surface area contributed by atoms with Crippen LogP contribution in [-0.2, 0) is 9.53 Å².